The summed E-state index contributed by atoms with van der Waals surface area (Å²) in [4.78, 5) is 34.1. The number of aryl methyl sites for hydroxylation is 1. The molecule has 1 heterocycles. The number of rotatable bonds is 12. The van der Waals surface area contributed by atoms with Gasteiger partial charge in [0, 0.05) is 13.2 Å². The van der Waals surface area contributed by atoms with E-state index in [4.69, 9.17) is 4.84 Å². The number of pyridine rings is 1. The number of allylic oxidation sites excluding steroid dienone is 1. The summed E-state index contributed by atoms with van der Waals surface area (Å²) in [5.41, 5.74) is 1.24. The van der Waals surface area contributed by atoms with Crippen LogP contribution in [0.25, 0.3) is 0 Å². The Labute approximate surface area is 155 Å². The molecule has 0 spiro atoms. The Morgan fingerprint density at radius 2 is 2.08 bits per heavy atom. The number of aromatic nitrogens is 1. The van der Waals surface area contributed by atoms with Crippen LogP contribution in [0.5, 0.6) is 0 Å². The highest BCUT2D eigenvalue weighted by Gasteiger charge is 2.25. The fourth-order valence-electron chi connectivity index (χ4n) is 2.55. The van der Waals surface area contributed by atoms with E-state index >= 15 is 0 Å². The fraction of sp³-hybridized carbons (Fsp3) is 0.450. The number of hydrogen-bond donors (Lipinski definition) is 1. The van der Waals surface area contributed by atoms with E-state index in [-0.39, 0.29) is 11.8 Å². The molecule has 0 saturated carbocycles. The molecule has 0 unspecified atom stereocenters. The third-order valence-corrected chi connectivity index (χ3v) is 4.05. The van der Waals surface area contributed by atoms with Crippen LogP contribution in [0.15, 0.2) is 43.6 Å². The molecule has 6 heteroatoms. The standard InChI is InChI=1S/C20H29N3O3/c1-5-7-8-9-10-13-16-14-11-15-21-18(16)19(24)22-17(12-6-2)20(25)23(3)26-4/h5-6,11,14-15,17H,1-2,7-10,12-13H2,3-4H3,(H,22,24)/t17-/m0/s1. The lowest BCUT2D eigenvalue weighted by molar-refractivity contribution is -0.170. The molecular formula is C20H29N3O3. The Hall–Kier alpha value is -2.47. The normalized spacial score (nSPS) is 11.5. The molecule has 1 atom stereocenters. The molecule has 0 aliphatic rings. The van der Waals surface area contributed by atoms with E-state index in [2.05, 4.69) is 23.5 Å². The van der Waals surface area contributed by atoms with Gasteiger partial charge < -0.3 is 5.32 Å². The molecule has 0 aliphatic carbocycles. The second-order valence-corrected chi connectivity index (χ2v) is 5.97. The Morgan fingerprint density at radius 1 is 1.31 bits per heavy atom. The molecule has 0 saturated heterocycles. The summed E-state index contributed by atoms with van der Waals surface area (Å²) in [6.45, 7) is 7.36. The van der Waals surface area contributed by atoms with Crippen molar-refractivity contribution in [3.63, 3.8) is 0 Å². The lowest BCUT2D eigenvalue weighted by atomic mass is 10.0. The predicted molar refractivity (Wildman–Crippen MR) is 102 cm³/mol. The van der Waals surface area contributed by atoms with Crippen molar-refractivity contribution in [3.05, 3.63) is 54.9 Å². The van der Waals surface area contributed by atoms with E-state index in [1.54, 1.807) is 12.3 Å². The van der Waals surface area contributed by atoms with Crippen LogP contribution in [0.4, 0.5) is 0 Å². The number of unbranched alkanes of at least 4 members (excludes halogenated alkanes) is 3. The summed E-state index contributed by atoms with van der Waals surface area (Å²) in [6, 6.07) is 2.98. The van der Waals surface area contributed by atoms with Gasteiger partial charge in [-0.05, 0) is 43.7 Å². The van der Waals surface area contributed by atoms with E-state index < -0.39 is 6.04 Å². The number of hydrogen-bond acceptors (Lipinski definition) is 4. The van der Waals surface area contributed by atoms with Gasteiger partial charge in [0.2, 0.25) is 0 Å². The molecule has 1 aromatic rings. The summed E-state index contributed by atoms with van der Waals surface area (Å²) < 4.78 is 0. The number of hydroxylamine groups is 2. The second kappa shape index (κ2) is 12.0. The first-order valence-electron chi connectivity index (χ1n) is 8.83. The van der Waals surface area contributed by atoms with Crippen LogP contribution in [-0.2, 0) is 16.1 Å². The van der Waals surface area contributed by atoms with Crippen LogP contribution in [-0.4, -0.2) is 42.1 Å². The summed E-state index contributed by atoms with van der Waals surface area (Å²) in [5.74, 6) is -0.709. The Morgan fingerprint density at radius 3 is 2.73 bits per heavy atom. The monoisotopic (exact) mass is 359 g/mol. The minimum absolute atomic E-state index is 0.308. The first kappa shape index (κ1) is 21.6. The highest BCUT2D eigenvalue weighted by atomic mass is 16.7. The van der Waals surface area contributed by atoms with Crippen molar-refractivity contribution < 1.29 is 14.4 Å². The van der Waals surface area contributed by atoms with Gasteiger partial charge in [0.15, 0.2) is 0 Å². The van der Waals surface area contributed by atoms with E-state index in [1.807, 2.05) is 18.2 Å². The van der Waals surface area contributed by atoms with Crippen molar-refractivity contribution in [1.29, 1.82) is 0 Å². The number of carbonyl (C=O) groups excluding carboxylic acids is 2. The van der Waals surface area contributed by atoms with Gasteiger partial charge in [-0.1, -0.05) is 24.6 Å². The molecular weight excluding hydrogens is 330 g/mol. The number of carbonyl (C=O) groups is 2. The van der Waals surface area contributed by atoms with E-state index in [0.717, 1.165) is 42.7 Å². The molecule has 0 radical (unpaired) electrons. The first-order valence-corrected chi connectivity index (χ1v) is 8.83. The van der Waals surface area contributed by atoms with Crippen molar-refractivity contribution in [2.45, 2.75) is 44.6 Å². The van der Waals surface area contributed by atoms with Crippen molar-refractivity contribution in [2.24, 2.45) is 0 Å². The van der Waals surface area contributed by atoms with Crippen LogP contribution in [0.1, 0.15) is 48.2 Å². The Bertz CT molecular complexity index is 616. The zero-order valence-corrected chi connectivity index (χ0v) is 15.7. The quantitative estimate of drug-likeness (QED) is 0.354. The van der Waals surface area contributed by atoms with E-state index in [1.165, 1.54) is 14.2 Å². The molecule has 0 aliphatic heterocycles. The summed E-state index contributed by atoms with van der Waals surface area (Å²) in [6.07, 6.45) is 10.3. The SMILES string of the molecule is C=CCCCCCc1cccnc1C(=O)N[C@@H](CC=C)C(=O)N(C)OC. The van der Waals surface area contributed by atoms with Gasteiger partial charge in [0.25, 0.3) is 11.8 Å². The number of amides is 2. The van der Waals surface area contributed by atoms with E-state index in [9.17, 15) is 9.59 Å². The molecule has 2 amide bonds. The summed E-state index contributed by atoms with van der Waals surface area (Å²) in [5, 5.41) is 3.83. The van der Waals surface area contributed by atoms with Crippen molar-refractivity contribution in [1.82, 2.24) is 15.4 Å². The minimum Gasteiger partial charge on any atom is -0.338 e. The maximum absolute atomic E-state index is 12.7. The fourth-order valence-corrected chi connectivity index (χ4v) is 2.55. The largest absolute Gasteiger partial charge is 0.338 e. The van der Waals surface area contributed by atoms with Gasteiger partial charge in [-0.15, -0.1) is 13.2 Å². The lowest BCUT2D eigenvalue weighted by Gasteiger charge is -2.22. The van der Waals surface area contributed by atoms with Crippen molar-refractivity contribution in [3.8, 4) is 0 Å². The zero-order chi connectivity index (χ0) is 19.4. The van der Waals surface area contributed by atoms with Gasteiger partial charge in [-0.3, -0.25) is 19.4 Å². The van der Waals surface area contributed by atoms with Crippen molar-refractivity contribution in [2.75, 3.05) is 14.2 Å². The highest BCUT2D eigenvalue weighted by molar-refractivity contribution is 5.97. The maximum atomic E-state index is 12.7. The van der Waals surface area contributed by atoms with Gasteiger partial charge in [-0.25, -0.2) is 5.06 Å². The molecule has 0 aromatic carbocycles. The first-order chi connectivity index (χ1) is 12.5. The molecule has 0 bridgehead atoms. The van der Waals surface area contributed by atoms with Crippen LogP contribution >= 0.6 is 0 Å². The van der Waals surface area contributed by atoms with Gasteiger partial charge in [-0.2, -0.15) is 0 Å². The van der Waals surface area contributed by atoms with Crippen molar-refractivity contribution >= 4 is 11.8 Å². The molecule has 6 nitrogen and oxygen atoms in total. The smallest absolute Gasteiger partial charge is 0.270 e. The Kier molecular flexibility index (Phi) is 9.94. The average Bonchev–Trinajstić information content (AvgIpc) is 2.66. The third-order valence-electron chi connectivity index (χ3n) is 4.05. The maximum Gasteiger partial charge on any atom is 0.270 e. The average molecular weight is 359 g/mol. The summed E-state index contributed by atoms with van der Waals surface area (Å²) in [7, 11) is 2.90. The highest BCUT2D eigenvalue weighted by Crippen LogP contribution is 2.12. The molecule has 1 N–H and O–H groups in total. The van der Waals surface area contributed by atoms with Gasteiger partial charge in [0.1, 0.15) is 11.7 Å². The van der Waals surface area contributed by atoms with E-state index in [0.29, 0.717) is 12.1 Å². The lowest BCUT2D eigenvalue weighted by Crippen LogP contribution is -2.47. The van der Waals surface area contributed by atoms with Gasteiger partial charge >= 0.3 is 0 Å². The predicted octanol–water partition coefficient (Wildman–Crippen LogP) is 3.06. The van der Waals surface area contributed by atoms with Crippen LogP contribution in [0.3, 0.4) is 0 Å². The molecule has 1 rings (SSSR count). The Balaban J connectivity index is 2.79. The summed E-state index contributed by atoms with van der Waals surface area (Å²) >= 11 is 0. The topological polar surface area (TPSA) is 71.5 Å². The van der Waals surface area contributed by atoms with Gasteiger partial charge in [0.05, 0.1) is 7.11 Å². The minimum atomic E-state index is -0.743. The second-order valence-electron chi connectivity index (χ2n) is 5.97. The molecule has 1 aromatic heterocycles. The number of likely N-dealkylation sites (N-methyl/N-ethyl adjacent to an activating group) is 1. The van der Waals surface area contributed by atoms with Crippen LogP contribution in [0.2, 0.25) is 0 Å². The molecule has 142 valence electrons. The zero-order valence-electron chi connectivity index (χ0n) is 15.7. The van der Waals surface area contributed by atoms with Crippen LogP contribution in [0, 0.1) is 0 Å². The number of nitrogens with one attached hydrogen (secondary N) is 1. The molecule has 0 fully saturated rings. The van der Waals surface area contributed by atoms with Crippen LogP contribution < -0.4 is 5.32 Å². The molecule has 26 heavy (non-hydrogen) atoms. The number of nitrogens with zero attached hydrogens (tertiary/aromatic N) is 2. The third kappa shape index (κ3) is 6.80.